The molecule has 0 aliphatic heterocycles. The highest BCUT2D eigenvalue weighted by Crippen LogP contribution is 2.22. The van der Waals surface area contributed by atoms with Crippen LogP contribution in [0.5, 0.6) is 0 Å². The second kappa shape index (κ2) is 8.18. The van der Waals surface area contributed by atoms with E-state index in [2.05, 4.69) is 0 Å². The number of hydrogen-bond acceptors (Lipinski definition) is 5. The van der Waals surface area contributed by atoms with E-state index in [9.17, 15) is 31.2 Å². The van der Waals surface area contributed by atoms with E-state index in [0.717, 1.165) is 4.83 Å². The smallest absolute Gasteiger partial charge is 0.443 e. The van der Waals surface area contributed by atoms with Crippen LogP contribution in [-0.2, 0) is 21.4 Å². The Morgan fingerprint density at radius 3 is 2.00 bits per heavy atom. The zero-order valence-corrected chi connectivity index (χ0v) is 14.3. The van der Waals surface area contributed by atoms with Gasteiger partial charge in [0.15, 0.2) is 0 Å². The van der Waals surface area contributed by atoms with Crippen molar-refractivity contribution < 1.29 is 35.9 Å². The molecular formula is C16H13F3N2O5S. The Hall–Kier alpha value is -2.92. The molecular weight excluding hydrogens is 389 g/mol. The van der Waals surface area contributed by atoms with Gasteiger partial charge < -0.3 is 4.74 Å². The number of halogens is 3. The van der Waals surface area contributed by atoms with Gasteiger partial charge >= 0.3 is 21.6 Å². The third-order valence-corrected chi connectivity index (χ3v) is 4.16. The van der Waals surface area contributed by atoms with Crippen LogP contribution >= 0.6 is 0 Å². The molecule has 0 atom stereocenters. The highest BCUT2D eigenvalue weighted by Gasteiger charge is 2.48. The Morgan fingerprint density at radius 1 is 0.963 bits per heavy atom. The number of rotatable bonds is 5. The summed E-state index contributed by atoms with van der Waals surface area (Å²) in [6.07, 6.45) is -1.61. The van der Waals surface area contributed by atoms with Gasteiger partial charge in [-0.1, -0.05) is 48.5 Å². The maximum absolute atomic E-state index is 12.6. The van der Waals surface area contributed by atoms with E-state index in [1.54, 1.807) is 30.3 Å². The Bertz CT molecular complexity index is 903. The predicted molar refractivity (Wildman–Crippen MR) is 87.3 cm³/mol. The summed E-state index contributed by atoms with van der Waals surface area (Å²) in [5.74, 6) is -1.33. The van der Waals surface area contributed by atoms with Crippen LogP contribution in [-0.4, -0.2) is 30.9 Å². The topological polar surface area (TPSA) is 92.8 Å². The van der Waals surface area contributed by atoms with E-state index in [0.29, 0.717) is 5.56 Å². The average molecular weight is 402 g/mol. The van der Waals surface area contributed by atoms with E-state index < -0.39 is 27.5 Å². The first-order valence-electron chi connectivity index (χ1n) is 7.31. The van der Waals surface area contributed by atoms with Crippen LogP contribution in [0.1, 0.15) is 15.9 Å². The number of hydrogen-bond donors (Lipinski definition) is 1. The molecule has 0 aliphatic carbocycles. The molecule has 144 valence electrons. The van der Waals surface area contributed by atoms with Gasteiger partial charge in [0.2, 0.25) is 0 Å². The Kier molecular flexibility index (Phi) is 6.18. The number of carbonyl (C=O) groups is 2. The fraction of sp³-hybridized carbons (Fsp3) is 0.125. The zero-order chi connectivity index (χ0) is 20.1. The summed E-state index contributed by atoms with van der Waals surface area (Å²) < 4.78 is 65.3. The van der Waals surface area contributed by atoms with Crippen molar-refractivity contribution in [2.75, 3.05) is 0 Å². The number of carbonyl (C=O) groups excluding carboxylic acids is 2. The Balaban J connectivity index is 2.26. The number of amides is 2. The minimum absolute atomic E-state index is 0.223. The molecule has 27 heavy (non-hydrogen) atoms. The van der Waals surface area contributed by atoms with Gasteiger partial charge in [0.1, 0.15) is 6.61 Å². The third kappa shape index (κ3) is 5.28. The van der Waals surface area contributed by atoms with Crippen molar-refractivity contribution in [3.8, 4) is 0 Å². The highest BCUT2D eigenvalue weighted by molar-refractivity contribution is 7.90. The predicted octanol–water partition coefficient (Wildman–Crippen LogP) is 2.82. The largest absolute Gasteiger partial charge is 0.513 e. The molecule has 7 nitrogen and oxygen atoms in total. The fourth-order valence-electron chi connectivity index (χ4n) is 1.83. The second-order valence-corrected chi connectivity index (χ2v) is 6.74. The van der Waals surface area contributed by atoms with Crippen molar-refractivity contribution in [2.45, 2.75) is 12.1 Å². The molecule has 0 radical (unpaired) electrons. The van der Waals surface area contributed by atoms with Crippen molar-refractivity contribution in [1.29, 1.82) is 0 Å². The van der Waals surface area contributed by atoms with E-state index in [-0.39, 0.29) is 17.2 Å². The summed E-state index contributed by atoms with van der Waals surface area (Å²) in [5, 5.41) is -0.332. The summed E-state index contributed by atoms with van der Waals surface area (Å²) in [5.41, 5.74) is -5.47. The summed E-state index contributed by atoms with van der Waals surface area (Å²) >= 11 is 0. The maximum Gasteiger partial charge on any atom is 0.513 e. The molecule has 0 aliphatic rings. The second-order valence-electron chi connectivity index (χ2n) is 5.09. The number of nitrogens with one attached hydrogen (secondary N) is 1. The summed E-state index contributed by atoms with van der Waals surface area (Å²) in [6, 6.07) is 14.8. The minimum atomic E-state index is -6.02. The Labute approximate surface area is 152 Å². The van der Waals surface area contributed by atoms with Crippen molar-refractivity contribution >= 4 is 22.0 Å². The van der Waals surface area contributed by atoms with Crippen LogP contribution in [0.4, 0.5) is 18.0 Å². The highest BCUT2D eigenvalue weighted by atomic mass is 32.2. The molecule has 1 N–H and O–H groups in total. The van der Waals surface area contributed by atoms with Crippen molar-refractivity contribution in [3.63, 3.8) is 0 Å². The maximum atomic E-state index is 12.6. The molecule has 0 fully saturated rings. The Morgan fingerprint density at radius 2 is 1.48 bits per heavy atom. The first kappa shape index (κ1) is 20.4. The molecule has 0 unspecified atom stereocenters. The van der Waals surface area contributed by atoms with Crippen molar-refractivity contribution in [1.82, 2.24) is 9.84 Å². The van der Waals surface area contributed by atoms with Gasteiger partial charge in [-0.2, -0.15) is 18.2 Å². The molecule has 0 heterocycles. The first-order valence-corrected chi connectivity index (χ1v) is 8.79. The molecule has 2 aromatic carbocycles. The fourth-order valence-corrected chi connectivity index (χ4v) is 2.33. The first-order chi connectivity index (χ1) is 12.6. The molecule has 0 saturated carbocycles. The monoisotopic (exact) mass is 402 g/mol. The number of alkyl halides is 3. The third-order valence-electron chi connectivity index (χ3n) is 3.13. The average Bonchev–Trinajstić information content (AvgIpc) is 2.64. The molecule has 0 bridgehead atoms. The van der Waals surface area contributed by atoms with Crippen LogP contribution in [0.2, 0.25) is 0 Å². The molecule has 2 rings (SSSR count). The van der Waals surface area contributed by atoms with Crippen molar-refractivity contribution in [2.24, 2.45) is 0 Å². The van der Waals surface area contributed by atoms with Gasteiger partial charge in [0.05, 0.1) is 0 Å². The normalized spacial score (nSPS) is 11.7. The van der Waals surface area contributed by atoms with Gasteiger partial charge in [-0.15, -0.1) is 4.83 Å². The van der Waals surface area contributed by atoms with E-state index in [1.165, 1.54) is 30.3 Å². The standard InChI is InChI=1S/C16H13F3N2O5S/c17-16(18,19)27(24,25)20-21(14(22)13-9-5-2-6-10-13)15(23)26-11-12-7-3-1-4-8-12/h1-10,20H,11H2. The van der Waals surface area contributed by atoms with Gasteiger partial charge in [-0.05, 0) is 17.7 Å². The number of ether oxygens (including phenoxy) is 1. The SMILES string of the molecule is O=C(OCc1ccccc1)N(NS(=O)(=O)C(F)(F)F)C(=O)c1ccccc1. The van der Waals surface area contributed by atoms with Crippen LogP contribution in [0, 0.1) is 0 Å². The molecule has 11 heteroatoms. The van der Waals surface area contributed by atoms with E-state index in [4.69, 9.17) is 4.74 Å². The zero-order valence-electron chi connectivity index (χ0n) is 13.5. The number of nitrogens with zero attached hydrogens (tertiary/aromatic N) is 1. The number of benzene rings is 2. The van der Waals surface area contributed by atoms with Gasteiger partial charge in [0.25, 0.3) is 5.91 Å². The van der Waals surface area contributed by atoms with E-state index in [1.807, 2.05) is 0 Å². The van der Waals surface area contributed by atoms with Gasteiger partial charge in [0, 0.05) is 5.56 Å². The lowest BCUT2D eigenvalue weighted by atomic mass is 10.2. The summed E-state index contributed by atoms with van der Waals surface area (Å²) in [4.78, 5) is 25.4. The number of imide groups is 1. The van der Waals surface area contributed by atoms with Crippen LogP contribution in [0.3, 0.4) is 0 Å². The molecule has 2 aromatic rings. The van der Waals surface area contributed by atoms with Gasteiger partial charge in [-0.3, -0.25) is 4.79 Å². The van der Waals surface area contributed by atoms with E-state index >= 15 is 0 Å². The minimum Gasteiger partial charge on any atom is -0.443 e. The quantitative estimate of drug-likeness (QED) is 0.777. The molecule has 0 aromatic heterocycles. The lowest BCUT2D eigenvalue weighted by Crippen LogP contribution is -2.53. The van der Waals surface area contributed by atoms with Crippen LogP contribution < -0.4 is 4.83 Å². The molecule has 0 saturated heterocycles. The van der Waals surface area contributed by atoms with Crippen molar-refractivity contribution in [3.05, 3.63) is 71.8 Å². The number of hydrazine groups is 1. The number of sulfonamides is 1. The van der Waals surface area contributed by atoms with Crippen LogP contribution in [0.15, 0.2) is 60.7 Å². The summed E-state index contributed by atoms with van der Waals surface area (Å²) in [6.45, 7) is -0.383. The lowest BCUT2D eigenvalue weighted by molar-refractivity contribution is -0.0464. The van der Waals surface area contributed by atoms with Gasteiger partial charge in [-0.25, -0.2) is 13.2 Å². The van der Waals surface area contributed by atoms with Crippen LogP contribution in [0.25, 0.3) is 0 Å². The summed E-state index contributed by atoms with van der Waals surface area (Å²) in [7, 11) is -6.02. The lowest BCUT2D eigenvalue weighted by Gasteiger charge is -2.21. The molecule has 0 spiro atoms. The molecule has 2 amide bonds.